The summed E-state index contributed by atoms with van der Waals surface area (Å²) in [5.74, 6) is 0. The molecule has 1 aliphatic rings. The standard InChI is InChI=1S/C18H24N2S/c1-3-19-13-17(15-7-5-4-6-8-15)20-11-9-18-16(14(20)2)10-12-21-18/h4-8,10,12,14,17,19H,3,9,11,13H2,1-2H3. The van der Waals surface area contributed by atoms with Gasteiger partial charge < -0.3 is 5.32 Å². The van der Waals surface area contributed by atoms with E-state index in [-0.39, 0.29) is 0 Å². The molecule has 2 nitrogen and oxygen atoms in total. The normalized spacial score (nSPS) is 20.2. The monoisotopic (exact) mass is 300 g/mol. The number of benzene rings is 1. The van der Waals surface area contributed by atoms with E-state index in [0.717, 1.165) is 19.6 Å². The number of thiophene rings is 1. The van der Waals surface area contributed by atoms with Crippen LogP contribution in [-0.2, 0) is 6.42 Å². The molecule has 1 aliphatic heterocycles. The molecule has 0 spiro atoms. The molecule has 2 atom stereocenters. The third-order valence-electron chi connectivity index (χ3n) is 4.50. The maximum Gasteiger partial charge on any atom is 0.0478 e. The lowest BCUT2D eigenvalue weighted by atomic mass is 9.96. The number of rotatable bonds is 5. The van der Waals surface area contributed by atoms with E-state index < -0.39 is 0 Å². The fourth-order valence-electron chi connectivity index (χ4n) is 3.34. The molecule has 2 aromatic rings. The van der Waals surface area contributed by atoms with Crippen LogP contribution in [0.5, 0.6) is 0 Å². The van der Waals surface area contributed by atoms with Crippen molar-refractivity contribution in [1.82, 2.24) is 10.2 Å². The van der Waals surface area contributed by atoms with Crippen LogP contribution in [0.1, 0.15) is 41.9 Å². The van der Waals surface area contributed by atoms with Crippen LogP contribution in [-0.4, -0.2) is 24.5 Å². The third kappa shape index (κ3) is 3.05. The molecule has 0 amide bonds. The number of likely N-dealkylation sites (N-methyl/N-ethyl adjacent to an activating group) is 1. The smallest absolute Gasteiger partial charge is 0.0478 e. The van der Waals surface area contributed by atoms with Crippen LogP contribution in [0.2, 0.25) is 0 Å². The first-order chi connectivity index (χ1) is 10.3. The zero-order valence-electron chi connectivity index (χ0n) is 12.9. The fraction of sp³-hybridized carbons (Fsp3) is 0.444. The molecule has 0 fully saturated rings. The van der Waals surface area contributed by atoms with Gasteiger partial charge in [0.15, 0.2) is 0 Å². The topological polar surface area (TPSA) is 15.3 Å². The second-order valence-corrected chi connectivity index (χ2v) is 6.70. The molecule has 112 valence electrons. The molecule has 0 saturated carbocycles. The molecular formula is C18H24N2S. The summed E-state index contributed by atoms with van der Waals surface area (Å²) in [7, 11) is 0. The Balaban J connectivity index is 1.87. The van der Waals surface area contributed by atoms with Crippen molar-refractivity contribution in [3.63, 3.8) is 0 Å². The number of hydrogen-bond acceptors (Lipinski definition) is 3. The molecule has 0 bridgehead atoms. The maximum absolute atomic E-state index is 3.54. The number of nitrogens with one attached hydrogen (secondary N) is 1. The van der Waals surface area contributed by atoms with Gasteiger partial charge in [0.05, 0.1) is 0 Å². The molecule has 1 aromatic carbocycles. The van der Waals surface area contributed by atoms with E-state index >= 15 is 0 Å². The van der Waals surface area contributed by atoms with Gasteiger partial charge in [-0.1, -0.05) is 37.3 Å². The average Bonchev–Trinajstić information content (AvgIpc) is 3.00. The largest absolute Gasteiger partial charge is 0.315 e. The molecular weight excluding hydrogens is 276 g/mol. The maximum atomic E-state index is 3.54. The molecule has 21 heavy (non-hydrogen) atoms. The van der Waals surface area contributed by atoms with E-state index in [1.165, 1.54) is 17.5 Å². The minimum absolute atomic E-state index is 0.453. The lowest BCUT2D eigenvalue weighted by molar-refractivity contribution is 0.132. The van der Waals surface area contributed by atoms with Gasteiger partial charge in [0.2, 0.25) is 0 Å². The molecule has 0 saturated heterocycles. The number of hydrogen-bond donors (Lipinski definition) is 1. The highest BCUT2D eigenvalue weighted by Crippen LogP contribution is 2.37. The van der Waals surface area contributed by atoms with Gasteiger partial charge in [0.1, 0.15) is 0 Å². The van der Waals surface area contributed by atoms with Gasteiger partial charge in [-0.15, -0.1) is 11.3 Å². The Hall–Kier alpha value is -1.16. The van der Waals surface area contributed by atoms with E-state index in [1.54, 1.807) is 4.88 Å². The van der Waals surface area contributed by atoms with Gasteiger partial charge in [-0.05, 0) is 42.5 Å². The summed E-state index contributed by atoms with van der Waals surface area (Å²) in [5, 5.41) is 5.79. The minimum Gasteiger partial charge on any atom is -0.315 e. The molecule has 3 heteroatoms. The van der Waals surface area contributed by atoms with Crippen LogP contribution in [0, 0.1) is 0 Å². The summed E-state index contributed by atoms with van der Waals surface area (Å²) in [5.41, 5.74) is 2.95. The Morgan fingerprint density at radius 3 is 2.86 bits per heavy atom. The first kappa shape index (κ1) is 14.8. The van der Waals surface area contributed by atoms with Crippen LogP contribution < -0.4 is 5.32 Å². The van der Waals surface area contributed by atoms with Crippen molar-refractivity contribution in [2.45, 2.75) is 32.4 Å². The quantitative estimate of drug-likeness (QED) is 0.897. The number of fused-ring (bicyclic) bond motifs is 1. The lowest BCUT2D eigenvalue weighted by Crippen LogP contribution is -2.41. The minimum atomic E-state index is 0.453. The zero-order chi connectivity index (χ0) is 14.7. The highest BCUT2D eigenvalue weighted by atomic mass is 32.1. The summed E-state index contributed by atoms with van der Waals surface area (Å²) < 4.78 is 0. The van der Waals surface area contributed by atoms with Crippen molar-refractivity contribution < 1.29 is 0 Å². The highest BCUT2D eigenvalue weighted by Gasteiger charge is 2.30. The third-order valence-corrected chi connectivity index (χ3v) is 5.49. The van der Waals surface area contributed by atoms with Crippen molar-refractivity contribution in [3.05, 3.63) is 57.8 Å². The van der Waals surface area contributed by atoms with Crippen LogP contribution in [0.4, 0.5) is 0 Å². The molecule has 2 heterocycles. The van der Waals surface area contributed by atoms with Gasteiger partial charge in [0.25, 0.3) is 0 Å². The Kier molecular flexibility index (Phi) is 4.73. The summed E-state index contributed by atoms with van der Waals surface area (Å²) in [6, 6.07) is 14.2. The summed E-state index contributed by atoms with van der Waals surface area (Å²) in [6.45, 7) is 7.73. The fourth-order valence-corrected chi connectivity index (χ4v) is 4.30. The van der Waals surface area contributed by atoms with E-state index in [1.807, 2.05) is 11.3 Å². The van der Waals surface area contributed by atoms with Crippen molar-refractivity contribution in [1.29, 1.82) is 0 Å². The van der Waals surface area contributed by atoms with Gasteiger partial charge in [-0.25, -0.2) is 0 Å². The van der Waals surface area contributed by atoms with Gasteiger partial charge in [-0.3, -0.25) is 4.90 Å². The van der Waals surface area contributed by atoms with Crippen LogP contribution in [0.3, 0.4) is 0 Å². The first-order valence-electron chi connectivity index (χ1n) is 7.89. The molecule has 1 N–H and O–H groups in total. The molecule has 0 radical (unpaired) electrons. The predicted molar refractivity (Wildman–Crippen MR) is 90.9 cm³/mol. The highest BCUT2D eigenvalue weighted by molar-refractivity contribution is 7.10. The van der Waals surface area contributed by atoms with Gasteiger partial charge >= 0.3 is 0 Å². The average molecular weight is 300 g/mol. The van der Waals surface area contributed by atoms with Crippen molar-refractivity contribution in [2.24, 2.45) is 0 Å². The van der Waals surface area contributed by atoms with Crippen molar-refractivity contribution in [2.75, 3.05) is 19.6 Å². The van der Waals surface area contributed by atoms with Crippen LogP contribution in [0.15, 0.2) is 41.8 Å². The lowest BCUT2D eigenvalue weighted by Gasteiger charge is -2.40. The predicted octanol–water partition coefficient (Wildman–Crippen LogP) is 4.02. The van der Waals surface area contributed by atoms with Crippen molar-refractivity contribution >= 4 is 11.3 Å². The molecule has 2 unspecified atom stereocenters. The van der Waals surface area contributed by atoms with Crippen LogP contribution in [0.25, 0.3) is 0 Å². The van der Waals surface area contributed by atoms with E-state index in [2.05, 4.69) is 65.8 Å². The Labute approximate surface area is 131 Å². The van der Waals surface area contributed by atoms with Gasteiger partial charge in [-0.2, -0.15) is 0 Å². The number of nitrogens with zero attached hydrogens (tertiary/aromatic N) is 1. The van der Waals surface area contributed by atoms with E-state index in [9.17, 15) is 0 Å². The second-order valence-electron chi connectivity index (χ2n) is 5.70. The second kappa shape index (κ2) is 6.73. The Morgan fingerprint density at radius 2 is 2.10 bits per heavy atom. The Bertz CT molecular complexity index is 564. The summed E-state index contributed by atoms with van der Waals surface area (Å²) in [4.78, 5) is 4.24. The molecule has 3 rings (SSSR count). The van der Waals surface area contributed by atoms with Gasteiger partial charge in [0, 0.05) is 30.1 Å². The first-order valence-corrected chi connectivity index (χ1v) is 8.77. The molecule has 0 aliphatic carbocycles. The van der Waals surface area contributed by atoms with Crippen molar-refractivity contribution in [3.8, 4) is 0 Å². The SMILES string of the molecule is CCNCC(c1ccccc1)N1CCc2sccc2C1C. The Morgan fingerprint density at radius 1 is 1.29 bits per heavy atom. The summed E-state index contributed by atoms with van der Waals surface area (Å²) in [6.07, 6.45) is 1.19. The zero-order valence-corrected chi connectivity index (χ0v) is 13.7. The van der Waals surface area contributed by atoms with E-state index in [4.69, 9.17) is 0 Å². The van der Waals surface area contributed by atoms with Crippen LogP contribution >= 0.6 is 11.3 Å². The summed E-state index contributed by atoms with van der Waals surface area (Å²) >= 11 is 1.91. The molecule has 1 aromatic heterocycles. The van der Waals surface area contributed by atoms with E-state index in [0.29, 0.717) is 12.1 Å².